The largest absolute Gasteiger partial charge is 0.496 e. The molecule has 0 atom stereocenters. The highest BCUT2D eigenvalue weighted by atomic mass is 16.5. The number of rotatable bonds is 3. The molecule has 0 aliphatic carbocycles. The molecule has 2 heterocycles. The van der Waals surface area contributed by atoms with Crippen LogP contribution in [0.1, 0.15) is 16.1 Å². The summed E-state index contributed by atoms with van der Waals surface area (Å²) in [5.41, 5.74) is 3.17. The third kappa shape index (κ3) is 1.77. The van der Waals surface area contributed by atoms with Gasteiger partial charge in [0.25, 0.3) is 0 Å². The van der Waals surface area contributed by atoms with Gasteiger partial charge in [-0.05, 0) is 30.7 Å². The van der Waals surface area contributed by atoms with Crippen molar-refractivity contribution < 1.29 is 9.53 Å². The Bertz CT molecular complexity index is 790. The van der Waals surface area contributed by atoms with Crippen LogP contribution in [0.15, 0.2) is 42.6 Å². The average molecular weight is 266 g/mol. The van der Waals surface area contributed by atoms with E-state index in [-0.39, 0.29) is 0 Å². The van der Waals surface area contributed by atoms with Crippen LogP contribution in [0, 0.1) is 6.92 Å². The highest BCUT2D eigenvalue weighted by Crippen LogP contribution is 2.30. The topological polar surface area (TPSA) is 43.6 Å². The Hall–Kier alpha value is -2.62. The number of pyridine rings is 1. The van der Waals surface area contributed by atoms with Crippen LogP contribution in [0.5, 0.6) is 5.75 Å². The lowest BCUT2D eigenvalue weighted by molar-refractivity contribution is 0.112. The van der Waals surface area contributed by atoms with Gasteiger partial charge in [0.05, 0.1) is 18.2 Å². The molecule has 2 aromatic heterocycles. The van der Waals surface area contributed by atoms with Gasteiger partial charge >= 0.3 is 0 Å². The second-order valence-electron chi connectivity index (χ2n) is 4.55. The summed E-state index contributed by atoms with van der Waals surface area (Å²) in [4.78, 5) is 15.7. The fourth-order valence-corrected chi connectivity index (χ4v) is 2.44. The van der Waals surface area contributed by atoms with Crippen molar-refractivity contribution in [2.24, 2.45) is 0 Å². The molecule has 0 fully saturated rings. The van der Waals surface area contributed by atoms with Crippen molar-refractivity contribution in [3.8, 4) is 17.1 Å². The smallest absolute Gasteiger partial charge is 0.170 e. The number of nitrogens with zero attached hydrogens (tertiary/aromatic N) is 2. The summed E-state index contributed by atoms with van der Waals surface area (Å²) in [5.74, 6) is 1.45. The molecule has 0 bridgehead atoms. The molecule has 0 radical (unpaired) electrons. The van der Waals surface area contributed by atoms with Crippen LogP contribution >= 0.6 is 0 Å². The van der Waals surface area contributed by atoms with Crippen LogP contribution < -0.4 is 4.74 Å². The number of aldehydes is 1. The summed E-state index contributed by atoms with van der Waals surface area (Å²) in [6.07, 6.45) is 2.70. The van der Waals surface area contributed by atoms with Crippen LogP contribution in [0.3, 0.4) is 0 Å². The summed E-state index contributed by atoms with van der Waals surface area (Å²) in [6.45, 7) is 1.97. The third-order valence-corrected chi connectivity index (χ3v) is 3.35. The molecule has 0 amide bonds. The Balaban J connectivity index is 2.38. The van der Waals surface area contributed by atoms with Crippen molar-refractivity contribution in [1.29, 1.82) is 0 Å². The summed E-state index contributed by atoms with van der Waals surface area (Å²) in [5, 5.41) is 0. The molecule has 3 aromatic rings. The number of carbonyl (C=O) groups is 1. The van der Waals surface area contributed by atoms with Crippen molar-refractivity contribution in [3.05, 3.63) is 53.9 Å². The third-order valence-electron chi connectivity index (χ3n) is 3.35. The fraction of sp³-hybridized carbons (Fsp3) is 0.125. The number of hydrogen-bond acceptors (Lipinski definition) is 3. The Morgan fingerprint density at radius 2 is 2.00 bits per heavy atom. The Morgan fingerprint density at radius 1 is 1.20 bits per heavy atom. The van der Waals surface area contributed by atoms with E-state index >= 15 is 0 Å². The molecule has 0 spiro atoms. The number of benzene rings is 1. The number of imidazole rings is 1. The number of carbonyl (C=O) groups excluding carboxylic acids is 1. The first-order chi connectivity index (χ1) is 9.76. The van der Waals surface area contributed by atoms with Crippen LogP contribution in [-0.2, 0) is 0 Å². The predicted molar refractivity (Wildman–Crippen MR) is 77.3 cm³/mol. The maximum atomic E-state index is 11.3. The molecule has 1 aromatic carbocycles. The van der Waals surface area contributed by atoms with Gasteiger partial charge in [-0.1, -0.05) is 18.2 Å². The Morgan fingerprint density at radius 3 is 2.75 bits per heavy atom. The van der Waals surface area contributed by atoms with Crippen LogP contribution in [0.2, 0.25) is 0 Å². The van der Waals surface area contributed by atoms with E-state index in [0.29, 0.717) is 11.5 Å². The molecule has 0 saturated carbocycles. The SMILES string of the molecule is COc1ccccc1-c1nc(C=O)c2c(C)cccn12. The second-order valence-corrected chi connectivity index (χ2v) is 4.55. The number of fused-ring (bicyclic) bond motifs is 1. The van der Waals surface area contributed by atoms with Crippen LogP contribution in [-0.4, -0.2) is 22.8 Å². The maximum absolute atomic E-state index is 11.3. The minimum absolute atomic E-state index is 0.448. The first-order valence-electron chi connectivity index (χ1n) is 6.32. The summed E-state index contributed by atoms with van der Waals surface area (Å²) < 4.78 is 7.31. The molecule has 0 N–H and O–H groups in total. The van der Waals surface area contributed by atoms with Crippen molar-refractivity contribution in [1.82, 2.24) is 9.38 Å². The monoisotopic (exact) mass is 266 g/mol. The van der Waals surface area contributed by atoms with Crippen molar-refractivity contribution >= 4 is 11.8 Å². The van der Waals surface area contributed by atoms with Gasteiger partial charge in [-0.15, -0.1) is 0 Å². The quantitative estimate of drug-likeness (QED) is 0.684. The number of methoxy groups -OCH3 is 1. The van der Waals surface area contributed by atoms with E-state index < -0.39 is 0 Å². The lowest BCUT2D eigenvalue weighted by atomic mass is 10.2. The molecule has 0 aliphatic rings. The van der Waals surface area contributed by atoms with E-state index in [4.69, 9.17) is 4.74 Å². The van der Waals surface area contributed by atoms with Gasteiger partial charge in [0, 0.05) is 6.20 Å². The van der Waals surface area contributed by atoms with Gasteiger partial charge in [-0.3, -0.25) is 9.20 Å². The number of ether oxygens (including phenoxy) is 1. The molecule has 0 unspecified atom stereocenters. The first kappa shape index (κ1) is 12.4. The van der Waals surface area contributed by atoms with Gasteiger partial charge in [0.2, 0.25) is 0 Å². The molecule has 20 heavy (non-hydrogen) atoms. The molecule has 4 heteroatoms. The van der Waals surface area contributed by atoms with E-state index in [1.807, 2.05) is 53.9 Å². The van der Waals surface area contributed by atoms with Crippen molar-refractivity contribution in [3.63, 3.8) is 0 Å². The van der Waals surface area contributed by atoms with Crippen LogP contribution in [0.4, 0.5) is 0 Å². The number of aryl methyl sites for hydroxylation is 1. The summed E-state index contributed by atoms with van der Waals surface area (Å²) in [7, 11) is 1.63. The number of para-hydroxylation sites is 1. The molecular formula is C16H14N2O2. The Kier molecular flexibility index (Phi) is 2.99. The van der Waals surface area contributed by atoms with E-state index in [0.717, 1.165) is 28.7 Å². The van der Waals surface area contributed by atoms with Gasteiger partial charge in [0.1, 0.15) is 17.3 Å². The normalized spacial score (nSPS) is 10.7. The Labute approximate surface area is 116 Å². The van der Waals surface area contributed by atoms with Gasteiger partial charge in [-0.25, -0.2) is 4.98 Å². The fourth-order valence-electron chi connectivity index (χ4n) is 2.44. The number of hydrogen-bond donors (Lipinski definition) is 0. The van der Waals surface area contributed by atoms with Gasteiger partial charge in [0.15, 0.2) is 6.29 Å². The zero-order chi connectivity index (χ0) is 14.1. The minimum Gasteiger partial charge on any atom is -0.496 e. The van der Waals surface area contributed by atoms with Gasteiger partial charge in [-0.2, -0.15) is 0 Å². The first-order valence-corrected chi connectivity index (χ1v) is 6.32. The molecular weight excluding hydrogens is 252 g/mol. The summed E-state index contributed by atoms with van der Waals surface area (Å²) >= 11 is 0. The predicted octanol–water partition coefficient (Wildman–Crippen LogP) is 3.13. The van der Waals surface area contributed by atoms with Crippen molar-refractivity contribution in [2.45, 2.75) is 6.92 Å². The zero-order valence-electron chi connectivity index (χ0n) is 11.3. The highest BCUT2D eigenvalue weighted by Gasteiger charge is 2.16. The lowest BCUT2D eigenvalue weighted by Gasteiger charge is -2.07. The van der Waals surface area contributed by atoms with E-state index in [2.05, 4.69) is 4.98 Å². The van der Waals surface area contributed by atoms with E-state index in [1.165, 1.54) is 0 Å². The van der Waals surface area contributed by atoms with Crippen LogP contribution in [0.25, 0.3) is 16.9 Å². The zero-order valence-corrected chi connectivity index (χ0v) is 11.3. The maximum Gasteiger partial charge on any atom is 0.170 e. The highest BCUT2D eigenvalue weighted by molar-refractivity contribution is 5.88. The minimum atomic E-state index is 0.448. The summed E-state index contributed by atoms with van der Waals surface area (Å²) in [6, 6.07) is 11.6. The second kappa shape index (κ2) is 4.81. The van der Waals surface area contributed by atoms with E-state index in [9.17, 15) is 4.79 Å². The average Bonchev–Trinajstić information content (AvgIpc) is 2.87. The van der Waals surface area contributed by atoms with Gasteiger partial charge < -0.3 is 4.74 Å². The lowest BCUT2D eigenvalue weighted by Crippen LogP contribution is -1.93. The molecule has 3 rings (SSSR count). The molecule has 0 saturated heterocycles. The number of aromatic nitrogens is 2. The standard InChI is InChI=1S/C16H14N2O2/c1-11-6-5-9-18-15(11)13(10-19)17-16(18)12-7-3-4-8-14(12)20-2/h3-10H,1-2H3. The van der Waals surface area contributed by atoms with E-state index in [1.54, 1.807) is 7.11 Å². The molecule has 0 aliphatic heterocycles. The van der Waals surface area contributed by atoms with Crippen molar-refractivity contribution in [2.75, 3.05) is 7.11 Å². The molecule has 4 nitrogen and oxygen atoms in total. The molecule has 100 valence electrons.